The molecule has 0 fully saturated rings. The standard InChI is InChI=1S/C27H27Cl2N3O3/c1-17(2)25(31-26(33)20-8-4-18(3)5-9-20)27(34)32-30-15-19-6-12-23(13-7-19)35-16-21-10-11-22(28)14-24(21)29/h4-15,17,25H,16H2,1-3H3,(H,31,33)(H,32,34). The molecule has 0 aliphatic carbocycles. The number of ether oxygens (including phenoxy) is 1. The third-order valence-electron chi connectivity index (χ3n) is 5.23. The zero-order chi connectivity index (χ0) is 25.4. The summed E-state index contributed by atoms with van der Waals surface area (Å²) < 4.78 is 5.77. The maximum Gasteiger partial charge on any atom is 0.262 e. The fraction of sp³-hybridized carbons (Fsp3) is 0.222. The van der Waals surface area contributed by atoms with Crippen molar-refractivity contribution in [1.82, 2.24) is 10.7 Å². The van der Waals surface area contributed by atoms with Gasteiger partial charge in [0.05, 0.1) is 6.21 Å². The molecule has 1 atom stereocenters. The van der Waals surface area contributed by atoms with Crippen LogP contribution in [0.1, 0.15) is 40.9 Å². The summed E-state index contributed by atoms with van der Waals surface area (Å²) >= 11 is 12.1. The number of hydrazone groups is 1. The van der Waals surface area contributed by atoms with Crippen LogP contribution < -0.4 is 15.5 Å². The van der Waals surface area contributed by atoms with Gasteiger partial charge in [0.1, 0.15) is 18.4 Å². The number of amides is 2. The second kappa shape index (κ2) is 12.4. The SMILES string of the molecule is Cc1ccc(C(=O)NC(C(=O)NN=Cc2ccc(OCc3ccc(Cl)cc3Cl)cc2)C(C)C)cc1. The lowest BCUT2D eigenvalue weighted by molar-refractivity contribution is -0.123. The molecule has 3 aromatic rings. The number of nitrogens with zero attached hydrogens (tertiary/aromatic N) is 1. The van der Waals surface area contributed by atoms with E-state index in [1.54, 1.807) is 36.4 Å². The molecular weight excluding hydrogens is 485 g/mol. The van der Waals surface area contributed by atoms with E-state index in [4.69, 9.17) is 27.9 Å². The first kappa shape index (κ1) is 26.3. The van der Waals surface area contributed by atoms with Crippen molar-refractivity contribution in [1.29, 1.82) is 0 Å². The number of carbonyl (C=O) groups excluding carboxylic acids is 2. The Bertz CT molecular complexity index is 1190. The second-order valence-electron chi connectivity index (χ2n) is 8.39. The van der Waals surface area contributed by atoms with E-state index in [9.17, 15) is 9.59 Å². The van der Waals surface area contributed by atoms with Crippen LogP contribution in [0.4, 0.5) is 0 Å². The Morgan fingerprint density at radius 1 is 1.00 bits per heavy atom. The summed E-state index contributed by atoms with van der Waals surface area (Å²) in [5.41, 5.74) is 5.67. The van der Waals surface area contributed by atoms with E-state index in [1.165, 1.54) is 6.21 Å². The van der Waals surface area contributed by atoms with Crippen LogP contribution in [0.25, 0.3) is 0 Å². The minimum atomic E-state index is -0.726. The minimum absolute atomic E-state index is 0.120. The Morgan fingerprint density at radius 3 is 2.31 bits per heavy atom. The first-order valence-corrected chi connectivity index (χ1v) is 11.9. The molecule has 0 aliphatic rings. The van der Waals surface area contributed by atoms with Crippen LogP contribution in [0.15, 0.2) is 71.8 Å². The van der Waals surface area contributed by atoms with Gasteiger partial charge in [0.25, 0.3) is 11.8 Å². The molecular formula is C27H27Cl2N3O3. The molecule has 0 aromatic heterocycles. The van der Waals surface area contributed by atoms with E-state index in [0.29, 0.717) is 28.0 Å². The van der Waals surface area contributed by atoms with E-state index < -0.39 is 11.9 Å². The number of carbonyl (C=O) groups is 2. The van der Waals surface area contributed by atoms with Crippen molar-refractivity contribution in [2.45, 2.75) is 33.4 Å². The van der Waals surface area contributed by atoms with Crippen molar-refractivity contribution >= 4 is 41.2 Å². The molecule has 2 N–H and O–H groups in total. The molecule has 0 heterocycles. The second-order valence-corrected chi connectivity index (χ2v) is 9.23. The molecule has 3 aromatic carbocycles. The first-order valence-electron chi connectivity index (χ1n) is 11.1. The molecule has 35 heavy (non-hydrogen) atoms. The quantitative estimate of drug-likeness (QED) is 0.282. The van der Waals surface area contributed by atoms with E-state index in [1.807, 2.05) is 51.1 Å². The molecule has 6 nitrogen and oxygen atoms in total. The highest BCUT2D eigenvalue weighted by Gasteiger charge is 2.24. The van der Waals surface area contributed by atoms with E-state index in [-0.39, 0.29) is 11.8 Å². The van der Waals surface area contributed by atoms with Gasteiger partial charge < -0.3 is 10.1 Å². The predicted octanol–water partition coefficient (Wildman–Crippen LogP) is 5.79. The van der Waals surface area contributed by atoms with Gasteiger partial charge in [-0.3, -0.25) is 9.59 Å². The highest BCUT2D eigenvalue weighted by Crippen LogP contribution is 2.22. The third-order valence-corrected chi connectivity index (χ3v) is 5.81. The molecule has 0 bridgehead atoms. The van der Waals surface area contributed by atoms with Crippen LogP contribution in [-0.2, 0) is 11.4 Å². The van der Waals surface area contributed by atoms with E-state index in [0.717, 1.165) is 16.7 Å². The summed E-state index contributed by atoms with van der Waals surface area (Å²) in [6.45, 7) is 5.98. The van der Waals surface area contributed by atoms with Gasteiger partial charge in [-0.25, -0.2) is 5.43 Å². The number of halogens is 2. The fourth-order valence-electron chi connectivity index (χ4n) is 3.15. The van der Waals surface area contributed by atoms with Crippen molar-refractivity contribution in [3.8, 4) is 5.75 Å². The van der Waals surface area contributed by atoms with Gasteiger partial charge in [-0.2, -0.15) is 5.10 Å². The Labute approximate surface area is 215 Å². The molecule has 1 unspecified atom stereocenters. The van der Waals surface area contributed by atoms with Gasteiger partial charge in [0.15, 0.2) is 0 Å². The highest BCUT2D eigenvalue weighted by molar-refractivity contribution is 6.35. The predicted molar refractivity (Wildman–Crippen MR) is 140 cm³/mol. The number of benzene rings is 3. The van der Waals surface area contributed by atoms with Crippen molar-refractivity contribution in [2.75, 3.05) is 0 Å². The molecule has 0 saturated carbocycles. The van der Waals surface area contributed by atoms with E-state index >= 15 is 0 Å². The molecule has 0 aliphatic heterocycles. The van der Waals surface area contributed by atoms with Gasteiger partial charge in [-0.05, 0) is 66.9 Å². The summed E-state index contributed by atoms with van der Waals surface area (Å²) in [7, 11) is 0. The average molecular weight is 512 g/mol. The monoisotopic (exact) mass is 511 g/mol. The minimum Gasteiger partial charge on any atom is -0.489 e. The van der Waals surface area contributed by atoms with E-state index in [2.05, 4.69) is 15.8 Å². The lowest BCUT2D eigenvalue weighted by Gasteiger charge is -2.20. The van der Waals surface area contributed by atoms with Crippen molar-refractivity contribution in [2.24, 2.45) is 11.0 Å². The molecule has 8 heteroatoms. The molecule has 3 rings (SSSR count). The Hall–Kier alpha value is -3.35. The lowest BCUT2D eigenvalue weighted by atomic mass is 10.0. The smallest absolute Gasteiger partial charge is 0.262 e. The topological polar surface area (TPSA) is 79.8 Å². The number of nitrogens with one attached hydrogen (secondary N) is 2. The number of hydrogen-bond donors (Lipinski definition) is 2. The van der Waals surface area contributed by atoms with Gasteiger partial charge in [-0.15, -0.1) is 0 Å². The summed E-state index contributed by atoms with van der Waals surface area (Å²) in [6.07, 6.45) is 1.52. The largest absolute Gasteiger partial charge is 0.489 e. The Balaban J connectivity index is 1.53. The van der Waals surface area contributed by atoms with Gasteiger partial charge in [0, 0.05) is 21.2 Å². The maximum atomic E-state index is 12.6. The van der Waals surface area contributed by atoms with Crippen LogP contribution in [0.3, 0.4) is 0 Å². The molecule has 182 valence electrons. The molecule has 0 saturated heterocycles. The highest BCUT2D eigenvalue weighted by atomic mass is 35.5. The third kappa shape index (κ3) is 7.84. The summed E-state index contributed by atoms with van der Waals surface area (Å²) in [4.78, 5) is 25.2. The number of hydrogen-bond acceptors (Lipinski definition) is 4. The summed E-state index contributed by atoms with van der Waals surface area (Å²) in [5.74, 6) is -0.157. The Kier molecular flexibility index (Phi) is 9.29. The zero-order valence-corrected chi connectivity index (χ0v) is 21.2. The maximum absolute atomic E-state index is 12.6. The van der Waals surface area contributed by atoms with Crippen molar-refractivity contribution in [3.63, 3.8) is 0 Å². The van der Waals surface area contributed by atoms with Crippen LogP contribution in [0.2, 0.25) is 10.0 Å². The zero-order valence-electron chi connectivity index (χ0n) is 19.7. The van der Waals surface area contributed by atoms with Crippen LogP contribution in [0.5, 0.6) is 5.75 Å². The lowest BCUT2D eigenvalue weighted by Crippen LogP contribution is -2.48. The van der Waals surface area contributed by atoms with Crippen LogP contribution in [-0.4, -0.2) is 24.1 Å². The average Bonchev–Trinajstić information content (AvgIpc) is 2.83. The molecule has 0 radical (unpaired) electrons. The fourth-order valence-corrected chi connectivity index (χ4v) is 3.62. The van der Waals surface area contributed by atoms with Gasteiger partial charge >= 0.3 is 0 Å². The molecule has 2 amide bonds. The van der Waals surface area contributed by atoms with Crippen LogP contribution in [0, 0.1) is 12.8 Å². The normalized spacial score (nSPS) is 11.9. The van der Waals surface area contributed by atoms with Crippen LogP contribution >= 0.6 is 23.2 Å². The first-order chi connectivity index (χ1) is 16.7. The number of rotatable bonds is 9. The Morgan fingerprint density at radius 2 is 1.69 bits per heavy atom. The number of aryl methyl sites for hydroxylation is 1. The van der Waals surface area contributed by atoms with Crippen molar-refractivity contribution < 1.29 is 14.3 Å². The molecule has 0 spiro atoms. The summed E-state index contributed by atoms with van der Waals surface area (Å²) in [5, 5.41) is 7.94. The van der Waals surface area contributed by atoms with Gasteiger partial charge in [-0.1, -0.05) is 60.8 Å². The van der Waals surface area contributed by atoms with Crippen molar-refractivity contribution in [3.05, 3.63) is 99.0 Å². The summed E-state index contributed by atoms with van der Waals surface area (Å²) in [6, 6.07) is 18.9. The van der Waals surface area contributed by atoms with Gasteiger partial charge in [0.2, 0.25) is 0 Å².